The lowest BCUT2D eigenvalue weighted by molar-refractivity contribution is 0.461. The minimum atomic E-state index is 0.230. The van der Waals surface area contributed by atoms with E-state index in [2.05, 4.69) is 31.3 Å². The lowest BCUT2D eigenvalue weighted by Gasteiger charge is -2.24. The van der Waals surface area contributed by atoms with Crippen molar-refractivity contribution in [2.45, 2.75) is 38.1 Å². The van der Waals surface area contributed by atoms with Gasteiger partial charge >= 0.3 is 0 Å². The number of halogens is 1. The smallest absolute Gasteiger partial charge is 0.172 e. The molecule has 6 heteroatoms. The summed E-state index contributed by atoms with van der Waals surface area (Å²) in [5.41, 5.74) is 2.20. The fraction of sp³-hybridized carbons (Fsp3) is 0.333. The van der Waals surface area contributed by atoms with Crippen LogP contribution in [-0.2, 0) is 0 Å². The Balaban J connectivity index is 1.81. The summed E-state index contributed by atoms with van der Waals surface area (Å²) < 4.78 is 2.66. The highest BCUT2D eigenvalue weighted by Crippen LogP contribution is 2.32. The van der Waals surface area contributed by atoms with Gasteiger partial charge in [-0.2, -0.15) is 9.61 Å². The predicted octanol–water partition coefficient (Wildman–Crippen LogP) is 4.61. The molecule has 0 amide bonds. The Hall–Kier alpha value is -2.08. The molecule has 5 nitrogen and oxygen atoms in total. The zero-order chi connectivity index (χ0) is 16.5. The van der Waals surface area contributed by atoms with Gasteiger partial charge in [-0.1, -0.05) is 31.4 Å². The summed E-state index contributed by atoms with van der Waals surface area (Å²) in [6, 6.07) is 9.71. The molecule has 3 aromatic rings. The number of rotatable bonds is 3. The second-order valence-electron chi connectivity index (χ2n) is 6.25. The molecule has 0 atom stereocenters. The minimum Gasteiger partial charge on any atom is -0.507 e. The third-order valence-electron chi connectivity index (χ3n) is 4.57. The molecule has 4 rings (SSSR count). The largest absolute Gasteiger partial charge is 0.507 e. The Labute approximate surface area is 148 Å². The average molecular weight is 387 g/mol. The van der Waals surface area contributed by atoms with E-state index in [1.54, 1.807) is 12.3 Å². The Bertz CT molecular complexity index is 871. The van der Waals surface area contributed by atoms with E-state index in [9.17, 15) is 5.11 Å². The van der Waals surface area contributed by atoms with E-state index in [0.717, 1.165) is 27.2 Å². The summed E-state index contributed by atoms with van der Waals surface area (Å²) in [6.07, 6.45) is 7.96. The van der Waals surface area contributed by atoms with Crippen LogP contribution in [0.25, 0.3) is 16.9 Å². The summed E-state index contributed by atoms with van der Waals surface area (Å²) in [5, 5.41) is 18.2. The second kappa shape index (κ2) is 6.43. The molecule has 0 spiro atoms. The van der Waals surface area contributed by atoms with Gasteiger partial charge in [-0.3, -0.25) is 0 Å². The number of para-hydroxylation sites is 1. The number of hydrogen-bond acceptors (Lipinski definition) is 4. The van der Waals surface area contributed by atoms with E-state index in [1.807, 2.05) is 28.8 Å². The molecule has 24 heavy (non-hydrogen) atoms. The van der Waals surface area contributed by atoms with Crippen molar-refractivity contribution in [1.29, 1.82) is 0 Å². The molecule has 2 N–H and O–H groups in total. The molecule has 0 bridgehead atoms. The predicted molar refractivity (Wildman–Crippen MR) is 98.3 cm³/mol. The van der Waals surface area contributed by atoms with Crippen LogP contribution in [0.5, 0.6) is 5.75 Å². The highest BCUT2D eigenvalue weighted by Gasteiger charge is 2.18. The van der Waals surface area contributed by atoms with Crippen LogP contribution >= 0.6 is 15.9 Å². The molecule has 1 aromatic carbocycles. The monoisotopic (exact) mass is 386 g/mol. The molecule has 0 aliphatic heterocycles. The molecule has 0 radical (unpaired) electrons. The van der Waals surface area contributed by atoms with E-state index in [1.165, 1.54) is 32.1 Å². The van der Waals surface area contributed by atoms with Crippen LogP contribution in [0.4, 0.5) is 5.82 Å². The molecule has 2 aromatic heterocycles. The summed E-state index contributed by atoms with van der Waals surface area (Å²) in [5.74, 6) is 1.14. The maximum absolute atomic E-state index is 10.2. The van der Waals surface area contributed by atoms with Gasteiger partial charge in [0.2, 0.25) is 0 Å². The lowest BCUT2D eigenvalue weighted by Crippen LogP contribution is -2.23. The van der Waals surface area contributed by atoms with Crippen molar-refractivity contribution >= 4 is 27.4 Å². The van der Waals surface area contributed by atoms with Crippen LogP contribution in [0.3, 0.4) is 0 Å². The van der Waals surface area contributed by atoms with E-state index < -0.39 is 0 Å². The van der Waals surface area contributed by atoms with Crippen LogP contribution < -0.4 is 5.32 Å². The number of nitrogens with one attached hydrogen (secondary N) is 1. The number of anilines is 1. The van der Waals surface area contributed by atoms with Crippen LogP contribution in [0.1, 0.15) is 32.1 Å². The van der Waals surface area contributed by atoms with Gasteiger partial charge in [0.1, 0.15) is 11.6 Å². The van der Waals surface area contributed by atoms with Gasteiger partial charge in [-0.05, 0) is 40.9 Å². The maximum atomic E-state index is 10.2. The molecule has 1 aliphatic rings. The number of aromatic nitrogens is 3. The molecule has 0 saturated heterocycles. The minimum absolute atomic E-state index is 0.230. The quantitative estimate of drug-likeness (QED) is 0.689. The van der Waals surface area contributed by atoms with Crippen molar-refractivity contribution in [3.05, 3.63) is 41.0 Å². The first-order valence-electron chi connectivity index (χ1n) is 8.31. The van der Waals surface area contributed by atoms with Gasteiger partial charge < -0.3 is 10.4 Å². The van der Waals surface area contributed by atoms with E-state index in [0.29, 0.717) is 6.04 Å². The summed E-state index contributed by atoms with van der Waals surface area (Å²) in [4.78, 5) is 4.67. The Kier molecular flexibility index (Phi) is 4.14. The van der Waals surface area contributed by atoms with Gasteiger partial charge in [0.15, 0.2) is 5.65 Å². The standard InChI is InChI=1S/C18H19BrN4O/c19-14-11-20-23-17(21-12-6-2-1-3-7-12)10-15(22-18(14)23)13-8-4-5-9-16(13)24/h4-5,8-12,21,24H,1-3,6-7H2. The first-order valence-corrected chi connectivity index (χ1v) is 9.11. The van der Waals surface area contributed by atoms with Crippen LogP contribution in [-0.4, -0.2) is 25.7 Å². The van der Waals surface area contributed by atoms with Crippen LogP contribution in [0.2, 0.25) is 0 Å². The number of fused-ring (bicyclic) bond motifs is 1. The van der Waals surface area contributed by atoms with Crippen molar-refractivity contribution in [3.63, 3.8) is 0 Å². The van der Waals surface area contributed by atoms with Gasteiger partial charge in [0.25, 0.3) is 0 Å². The molecule has 1 aliphatic carbocycles. The lowest BCUT2D eigenvalue weighted by atomic mass is 9.95. The van der Waals surface area contributed by atoms with Crippen LogP contribution in [0, 0.1) is 0 Å². The van der Waals surface area contributed by atoms with Gasteiger partial charge in [0.05, 0.1) is 16.4 Å². The first kappa shape index (κ1) is 15.4. The third kappa shape index (κ3) is 2.86. The van der Waals surface area contributed by atoms with E-state index in [4.69, 9.17) is 0 Å². The first-order chi connectivity index (χ1) is 11.7. The highest BCUT2D eigenvalue weighted by molar-refractivity contribution is 9.10. The number of phenols is 1. The number of aromatic hydroxyl groups is 1. The molecule has 1 fully saturated rings. The van der Waals surface area contributed by atoms with E-state index >= 15 is 0 Å². The zero-order valence-electron chi connectivity index (χ0n) is 13.2. The zero-order valence-corrected chi connectivity index (χ0v) is 14.8. The van der Waals surface area contributed by atoms with Crippen molar-refractivity contribution in [1.82, 2.24) is 14.6 Å². The Morgan fingerprint density at radius 2 is 1.96 bits per heavy atom. The van der Waals surface area contributed by atoms with Gasteiger partial charge in [0, 0.05) is 17.7 Å². The number of phenolic OH excluding ortho intramolecular Hbond substituents is 1. The molecule has 1 saturated carbocycles. The topological polar surface area (TPSA) is 62.5 Å². The number of benzene rings is 1. The van der Waals surface area contributed by atoms with Crippen molar-refractivity contribution < 1.29 is 5.11 Å². The molecular weight excluding hydrogens is 368 g/mol. The fourth-order valence-electron chi connectivity index (χ4n) is 3.32. The summed E-state index contributed by atoms with van der Waals surface area (Å²) in [7, 11) is 0. The Morgan fingerprint density at radius 3 is 2.75 bits per heavy atom. The SMILES string of the molecule is Oc1ccccc1-c1cc(NC2CCCCC2)n2ncc(Br)c2n1. The maximum Gasteiger partial charge on any atom is 0.172 e. The van der Waals surface area contributed by atoms with Crippen molar-refractivity contribution in [3.8, 4) is 17.0 Å². The molecule has 124 valence electrons. The Morgan fingerprint density at radius 1 is 1.17 bits per heavy atom. The summed E-state index contributed by atoms with van der Waals surface area (Å²) >= 11 is 3.52. The normalized spacial score (nSPS) is 15.7. The fourth-order valence-corrected chi connectivity index (χ4v) is 3.67. The third-order valence-corrected chi connectivity index (χ3v) is 5.13. The van der Waals surface area contributed by atoms with Gasteiger partial charge in [-0.15, -0.1) is 0 Å². The van der Waals surface area contributed by atoms with E-state index in [-0.39, 0.29) is 5.75 Å². The average Bonchev–Trinajstić information content (AvgIpc) is 2.98. The second-order valence-corrected chi connectivity index (χ2v) is 7.11. The van der Waals surface area contributed by atoms with Crippen molar-refractivity contribution in [2.24, 2.45) is 0 Å². The van der Waals surface area contributed by atoms with Crippen LogP contribution in [0.15, 0.2) is 41.0 Å². The number of hydrogen-bond donors (Lipinski definition) is 2. The molecular formula is C18H19BrN4O. The van der Waals surface area contributed by atoms with Gasteiger partial charge in [-0.25, -0.2) is 4.98 Å². The molecule has 0 unspecified atom stereocenters. The summed E-state index contributed by atoms with van der Waals surface area (Å²) in [6.45, 7) is 0. The number of nitrogens with zero attached hydrogens (tertiary/aromatic N) is 3. The molecule has 2 heterocycles. The highest BCUT2D eigenvalue weighted by atomic mass is 79.9. The van der Waals surface area contributed by atoms with Crippen molar-refractivity contribution in [2.75, 3.05) is 5.32 Å².